The fourth-order valence-corrected chi connectivity index (χ4v) is 3.97. The van der Waals surface area contributed by atoms with Crippen molar-refractivity contribution in [1.29, 1.82) is 0 Å². The maximum atomic E-state index is 13.0. The van der Waals surface area contributed by atoms with Gasteiger partial charge in [-0.15, -0.1) is 0 Å². The summed E-state index contributed by atoms with van der Waals surface area (Å²) in [7, 11) is -2.07. The van der Waals surface area contributed by atoms with E-state index in [4.69, 9.17) is 0 Å². The van der Waals surface area contributed by atoms with E-state index < -0.39 is 10.0 Å². The first-order chi connectivity index (χ1) is 13.8. The minimum absolute atomic E-state index is 0.0692. The monoisotopic (exact) mass is 408 g/mol. The molecule has 1 N–H and O–H groups in total. The molecule has 0 aromatic heterocycles. The van der Waals surface area contributed by atoms with Crippen LogP contribution in [0.25, 0.3) is 0 Å². The Morgan fingerprint density at radius 3 is 2.24 bits per heavy atom. The maximum Gasteiger partial charge on any atom is 0.258 e. The SMILES string of the molecule is Cc1ccc(N(C)C(=O)c2cc(S(=O)(=O)NCc3ccccc3)ccc2C)cc1. The number of nitrogens with one attached hydrogen (secondary N) is 1. The van der Waals surface area contributed by atoms with Crippen molar-refractivity contribution in [2.24, 2.45) is 0 Å². The molecule has 150 valence electrons. The smallest absolute Gasteiger partial charge is 0.258 e. The molecule has 1 amide bonds. The molecule has 0 aliphatic heterocycles. The summed E-state index contributed by atoms with van der Waals surface area (Å²) in [6.45, 7) is 3.96. The van der Waals surface area contributed by atoms with Gasteiger partial charge in [0.15, 0.2) is 0 Å². The number of anilines is 1. The number of nitrogens with zero attached hydrogens (tertiary/aromatic N) is 1. The molecule has 3 aromatic rings. The van der Waals surface area contributed by atoms with E-state index in [0.717, 1.165) is 22.4 Å². The average molecular weight is 409 g/mol. The maximum absolute atomic E-state index is 13.0. The molecule has 0 aliphatic rings. The van der Waals surface area contributed by atoms with Crippen LogP contribution in [0.2, 0.25) is 0 Å². The lowest BCUT2D eigenvalue weighted by Crippen LogP contribution is -2.28. The lowest BCUT2D eigenvalue weighted by Gasteiger charge is -2.19. The summed E-state index contributed by atoms with van der Waals surface area (Å²) in [5.74, 6) is -0.258. The van der Waals surface area contributed by atoms with Gasteiger partial charge in [0.1, 0.15) is 0 Å². The summed E-state index contributed by atoms with van der Waals surface area (Å²) in [4.78, 5) is 14.6. The number of aryl methyl sites for hydroxylation is 2. The van der Waals surface area contributed by atoms with Crippen LogP contribution in [0.1, 0.15) is 27.0 Å². The van der Waals surface area contributed by atoms with Gasteiger partial charge in [-0.05, 0) is 49.2 Å². The van der Waals surface area contributed by atoms with Crippen LogP contribution >= 0.6 is 0 Å². The van der Waals surface area contributed by atoms with Crippen LogP contribution in [0.5, 0.6) is 0 Å². The number of amides is 1. The summed E-state index contributed by atoms with van der Waals surface area (Å²) < 4.78 is 28.1. The van der Waals surface area contributed by atoms with E-state index in [1.807, 2.05) is 61.5 Å². The lowest BCUT2D eigenvalue weighted by atomic mass is 10.1. The molecule has 29 heavy (non-hydrogen) atoms. The van der Waals surface area contributed by atoms with Crippen molar-refractivity contribution in [2.75, 3.05) is 11.9 Å². The zero-order valence-electron chi connectivity index (χ0n) is 16.7. The Balaban J connectivity index is 1.85. The second kappa shape index (κ2) is 8.59. The molecule has 0 saturated carbocycles. The van der Waals surface area contributed by atoms with Crippen molar-refractivity contribution < 1.29 is 13.2 Å². The molecule has 0 heterocycles. The van der Waals surface area contributed by atoms with Gasteiger partial charge in [-0.2, -0.15) is 0 Å². The summed E-state index contributed by atoms with van der Waals surface area (Å²) >= 11 is 0. The van der Waals surface area contributed by atoms with Gasteiger partial charge in [0, 0.05) is 24.8 Å². The van der Waals surface area contributed by atoms with E-state index >= 15 is 0 Å². The third-order valence-electron chi connectivity index (χ3n) is 4.78. The van der Waals surface area contributed by atoms with Crippen molar-refractivity contribution in [3.63, 3.8) is 0 Å². The zero-order chi connectivity index (χ0) is 21.0. The van der Waals surface area contributed by atoms with Gasteiger partial charge in [0.05, 0.1) is 4.90 Å². The molecule has 5 nitrogen and oxygen atoms in total. The van der Waals surface area contributed by atoms with E-state index in [2.05, 4.69) is 4.72 Å². The van der Waals surface area contributed by atoms with Crippen molar-refractivity contribution in [1.82, 2.24) is 4.72 Å². The molecular formula is C23H24N2O3S. The summed E-state index contributed by atoms with van der Waals surface area (Å²) in [5.41, 5.74) is 3.78. The third-order valence-corrected chi connectivity index (χ3v) is 6.18. The molecule has 0 spiro atoms. The highest BCUT2D eigenvalue weighted by Crippen LogP contribution is 2.21. The van der Waals surface area contributed by atoms with E-state index in [9.17, 15) is 13.2 Å². The average Bonchev–Trinajstić information content (AvgIpc) is 2.73. The standard InChI is InChI=1S/C23H24N2O3S/c1-17-9-12-20(13-10-17)25(3)23(26)22-15-21(14-11-18(22)2)29(27,28)24-16-19-7-5-4-6-8-19/h4-15,24H,16H2,1-3H3. The highest BCUT2D eigenvalue weighted by atomic mass is 32.2. The normalized spacial score (nSPS) is 11.3. The number of hydrogen-bond acceptors (Lipinski definition) is 3. The summed E-state index contributed by atoms with van der Waals surface area (Å²) in [6.07, 6.45) is 0. The van der Waals surface area contributed by atoms with Crippen molar-refractivity contribution in [2.45, 2.75) is 25.3 Å². The van der Waals surface area contributed by atoms with Crippen molar-refractivity contribution in [3.8, 4) is 0 Å². The highest BCUT2D eigenvalue weighted by Gasteiger charge is 2.20. The van der Waals surface area contributed by atoms with Gasteiger partial charge in [-0.1, -0.05) is 54.1 Å². The fraction of sp³-hybridized carbons (Fsp3) is 0.174. The number of rotatable bonds is 6. The van der Waals surface area contributed by atoms with E-state index in [1.165, 1.54) is 17.0 Å². The van der Waals surface area contributed by atoms with Gasteiger partial charge in [0.2, 0.25) is 10.0 Å². The number of carbonyl (C=O) groups is 1. The summed E-state index contributed by atoms with van der Waals surface area (Å²) in [5, 5.41) is 0. The largest absolute Gasteiger partial charge is 0.311 e. The Hall–Kier alpha value is -2.96. The Morgan fingerprint density at radius 1 is 0.931 bits per heavy atom. The molecule has 0 saturated heterocycles. The number of sulfonamides is 1. The van der Waals surface area contributed by atoms with E-state index in [1.54, 1.807) is 20.0 Å². The van der Waals surface area contributed by atoms with Crippen LogP contribution in [0, 0.1) is 13.8 Å². The second-order valence-electron chi connectivity index (χ2n) is 6.99. The Labute approximate surface area is 172 Å². The molecule has 3 rings (SSSR count). The topological polar surface area (TPSA) is 66.5 Å². The lowest BCUT2D eigenvalue weighted by molar-refractivity contribution is 0.0992. The second-order valence-corrected chi connectivity index (χ2v) is 8.75. The minimum atomic E-state index is -3.75. The Kier molecular flexibility index (Phi) is 6.15. The predicted octanol–water partition coefficient (Wildman–Crippen LogP) is 4.06. The van der Waals surface area contributed by atoms with Crippen LogP contribution in [0.15, 0.2) is 77.7 Å². The van der Waals surface area contributed by atoms with E-state index in [0.29, 0.717) is 5.56 Å². The first kappa shape index (κ1) is 20.8. The van der Waals surface area contributed by atoms with Gasteiger partial charge in [-0.25, -0.2) is 13.1 Å². The van der Waals surface area contributed by atoms with Gasteiger partial charge >= 0.3 is 0 Å². The van der Waals surface area contributed by atoms with Crippen LogP contribution in [-0.4, -0.2) is 21.4 Å². The molecular weight excluding hydrogens is 384 g/mol. The third kappa shape index (κ3) is 4.91. The minimum Gasteiger partial charge on any atom is -0.311 e. The molecule has 6 heteroatoms. The van der Waals surface area contributed by atoms with Crippen molar-refractivity contribution >= 4 is 21.6 Å². The molecule has 0 unspecified atom stereocenters. The first-order valence-corrected chi connectivity index (χ1v) is 10.8. The zero-order valence-corrected chi connectivity index (χ0v) is 17.5. The molecule has 0 aliphatic carbocycles. The van der Waals surface area contributed by atoms with Crippen molar-refractivity contribution in [3.05, 3.63) is 95.1 Å². The Bertz CT molecular complexity index is 1110. The van der Waals surface area contributed by atoms with Gasteiger partial charge < -0.3 is 4.90 Å². The Morgan fingerprint density at radius 2 is 1.59 bits per heavy atom. The molecule has 0 fully saturated rings. The van der Waals surface area contributed by atoms with Crippen LogP contribution in [-0.2, 0) is 16.6 Å². The quantitative estimate of drug-likeness (QED) is 0.669. The fourth-order valence-electron chi connectivity index (χ4n) is 2.92. The number of hydrogen-bond donors (Lipinski definition) is 1. The molecule has 3 aromatic carbocycles. The number of benzene rings is 3. The van der Waals surface area contributed by atoms with Gasteiger partial charge in [0.25, 0.3) is 5.91 Å². The molecule has 0 radical (unpaired) electrons. The first-order valence-electron chi connectivity index (χ1n) is 9.27. The molecule has 0 bridgehead atoms. The van der Waals surface area contributed by atoms with Gasteiger partial charge in [-0.3, -0.25) is 4.79 Å². The highest BCUT2D eigenvalue weighted by molar-refractivity contribution is 7.89. The summed E-state index contributed by atoms with van der Waals surface area (Å²) in [6, 6.07) is 21.5. The van der Waals surface area contributed by atoms with Crippen LogP contribution in [0.3, 0.4) is 0 Å². The van der Waals surface area contributed by atoms with Crippen LogP contribution in [0.4, 0.5) is 5.69 Å². The van der Waals surface area contributed by atoms with Crippen LogP contribution < -0.4 is 9.62 Å². The van der Waals surface area contributed by atoms with E-state index in [-0.39, 0.29) is 17.3 Å². The molecule has 0 atom stereocenters. The predicted molar refractivity (Wildman–Crippen MR) is 116 cm³/mol. The number of carbonyl (C=O) groups excluding carboxylic acids is 1.